The number of epoxide rings is 1. The van der Waals surface area contributed by atoms with E-state index in [1.54, 1.807) is 12.2 Å². The number of ether oxygens (including phenoxy) is 5. The zero-order valence-electron chi connectivity index (χ0n) is 18.6. The Labute approximate surface area is 200 Å². The molecule has 0 spiro atoms. The molecule has 1 aromatic carbocycles. The molecular formula is C24H28O11. The number of aliphatic hydroxyl groups excluding tert-OH is 5. The van der Waals surface area contributed by atoms with Crippen LogP contribution in [0.25, 0.3) is 6.08 Å². The van der Waals surface area contributed by atoms with E-state index in [2.05, 4.69) is 0 Å². The fourth-order valence-corrected chi connectivity index (χ4v) is 5.11. The lowest BCUT2D eigenvalue weighted by atomic mass is 9.85. The molecule has 190 valence electrons. The van der Waals surface area contributed by atoms with Gasteiger partial charge in [0.2, 0.25) is 6.29 Å². The highest BCUT2D eigenvalue weighted by molar-refractivity contribution is 5.87. The van der Waals surface area contributed by atoms with Crippen molar-refractivity contribution in [3.05, 3.63) is 54.3 Å². The van der Waals surface area contributed by atoms with Gasteiger partial charge >= 0.3 is 5.97 Å². The summed E-state index contributed by atoms with van der Waals surface area (Å²) in [5, 5.41) is 50.5. The van der Waals surface area contributed by atoms with Gasteiger partial charge in [0.1, 0.15) is 42.7 Å². The van der Waals surface area contributed by atoms with Gasteiger partial charge in [-0.05, 0) is 17.7 Å². The van der Waals surface area contributed by atoms with Gasteiger partial charge in [0.25, 0.3) is 0 Å². The second-order valence-corrected chi connectivity index (χ2v) is 9.11. The van der Waals surface area contributed by atoms with Crippen LogP contribution in [0.2, 0.25) is 0 Å². The average Bonchev–Trinajstić information content (AvgIpc) is 3.56. The molecule has 1 aromatic rings. The third-order valence-corrected chi connectivity index (χ3v) is 7.03. The maximum atomic E-state index is 12.3. The third kappa shape index (κ3) is 4.39. The fourth-order valence-electron chi connectivity index (χ4n) is 5.11. The summed E-state index contributed by atoms with van der Waals surface area (Å²) in [6.45, 7) is -0.776. The summed E-state index contributed by atoms with van der Waals surface area (Å²) >= 11 is 0. The smallest absolute Gasteiger partial charge is 0.330 e. The first-order valence-corrected chi connectivity index (χ1v) is 11.4. The van der Waals surface area contributed by atoms with Gasteiger partial charge in [-0.2, -0.15) is 0 Å². The first-order chi connectivity index (χ1) is 16.9. The van der Waals surface area contributed by atoms with Crippen LogP contribution in [0.3, 0.4) is 0 Å². The van der Waals surface area contributed by atoms with E-state index in [-0.39, 0.29) is 6.61 Å². The highest BCUT2D eigenvalue weighted by Crippen LogP contribution is 2.60. The van der Waals surface area contributed by atoms with Crippen LogP contribution in [0.1, 0.15) is 5.56 Å². The topological polar surface area (TPSA) is 168 Å². The molecule has 0 radical (unpaired) electrons. The minimum atomic E-state index is -1.63. The second kappa shape index (κ2) is 9.60. The van der Waals surface area contributed by atoms with Crippen molar-refractivity contribution in [1.82, 2.24) is 0 Å². The van der Waals surface area contributed by atoms with Crippen LogP contribution >= 0.6 is 0 Å². The monoisotopic (exact) mass is 492 g/mol. The molecule has 0 bridgehead atoms. The van der Waals surface area contributed by atoms with Crippen molar-refractivity contribution < 1.29 is 54.0 Å². The summed E-state index contributed by atoms with van der Waals surface area (Å²) in [6.07, 6.45) is -4.06. The molecule has 35 heavy (non-hydrogen) atoms. The maximum absolute atomic E-state index is 12.3. The van der Waals surface area contributed by atoms with Crippen molar-refractivity contribution in [1.29, 1.82) is 0 Å². The van der Waals surface area contributed by atoms with Crippen LogP contribution in [0.15, 0.2) is 48.7 Å². The van der Waals surface area contributed by atoms with Crippen LogP contribution in [-0.4, -0.2) is 99.5 Å². The molecule has 4 aliphatic rings. The standard InChI is InChI=1S/C24H28O11/c25-10-14-18(28)19(29)20(30)23(33-14)34-22-16-13(8-9-31-22)17(27)21-24(16,35-21)11-32-15(26)7-6-12-4-2-1-3-5-12/h1-9,13-14,16-23,25,27-30H,10-11H2/b7-6+/t13-,14-,16-,17+,18-,19+,20-,21+,22+,23+,24+/m1/s1. The lowest BCUT2D eigenvalue weighted by Gasteiger charge is -2.43. The number of hydrogen-bond acceptors (Lipinski definition) is 11. The molecule has 1 saturated carbocycles. The van der Waals surface area contributed by atoms with Gasteiger partial charge in [-0.1, -0.05) is 30.3 Å². The molecule has 5 rings (SSSR count). The second-order valence-electron chi connectivity index (χ2n) is 9.11. The Bertz CT molecular complexity index is 965. The predicted molar refractivity (Wildman–Crippen MR) is 116 cm³/mol. The molecule has 3 heterocycles. The first-order valence-electron chi connectivity index (χ1n) is 11.4. The maximum Gasteiger partial charge on any atom is 0.330 e. The normalized spacial score (nSPS) is 43.9. The van der Waals surface area contributed by atoms with E-state index in [1.165, 1.54) is 12.3 Å². The van der Waals surface area contributed by atoms with E-state index < -0.39 is 79.2 Å². The molecule has 11 nitrogen and oxygen atoms in total. The Hall–Kier alpha value is -2.35. The molecule has 11 atom stereocenters. The van der Waals surface area contributed by atoms with Gasteiger partial charge in [0, 0.05) is 12.0 Å². The molecule has 0 aromatic heterocycles. The Morgan fingerprint density at radius 2 is 1.80 bits per heavy atom. The Morgan fingerprint density at radius 1 is 1.03 bits per heavy atom. The van der Waals surface area contributed by atoms with Gasteiger partial charge in [0.05, 0.1) is 24.9 Å². The van der Waals surface area contributed by atoms with E-state index in [1.807, 2.05) is 30.3 Å². The number of carbonyl (C=O) groups is 1. The lowest BCUT2D eigenvalue weighted by Crippen LogP contribution is -2.60. The van der Waals surface area contributed by atoms with Crippen molar-refractivity contribution in [3.63, 3.8) is 0 Å². The van der Waals surface area contributed by atoms with Gasteiger partial charge < -0.3 is 49.2 Å². The summed E-state index contributed by atoms with van der Waals surface area (Å²) < 4.78 is 28.1. The van der Waals surface area contributed by atoms with E-state index in [0.29, 0.717) is 0 Å². The fraction of sp³-hybridized carbons (Fsp3) is 0.542. The van der Waals surface area contributed by atoms with Crippen LogP contribution in [0.4, 0.5) is 0 Å². The number of benzene rings is 1. The molecule has 0 unspecified atom stereocenters. The predicted octanol–water partition coefficient (Wildman–Crippen LogP) is -1.33. The average molecular weight is 492 g/mol. The summed E-state index contributed by atoms with van der Waals surface area (Å²) in [4.78, 5) is 12.3. The molecule has 3 fully saturated rings. The van der Waals surface area contributed by atoms with Crippen LogP contribution in [-0.2, 0) is 28.5 Å². The zero-order valence-corrected chi connectivity index (χ0v) is 18.6. The van der Waals surface area contributed by atoms with Crippen molar-refractivity contribution in [2.45, 2.75) is 54.8 Å². The number of esters is 1. The molecular weight excluding hydrogens is 464 g/mol. The Balaban J connectivity index is 1.28. The van der Waals surface area contributed by atoms with Crippen LogP contribution < -0.4 is 0 Å². The van der Waals surface area contributed by atoms with Crippen molar-refractivity contribution in [2.75, 3.05) is 13.2 Å². The molecule has 5 N–H and O–H groups in total. The molecule has 0 amide bonds. The molecule has 3 aliphatic heterocycles. The summed E-state index contributed by atoms with van der Waals surface area (Å²) in [7, 11) is 0. The first kappa shape index (κ1) is 24.3. The quantitative estimate of drug-likeness (QED) is 0.174. The summed E-state index contributed by atoms with van der Waals surface area (Å²) in [5.41, 5.74) is -0.248. The SMILES string of the molecule is O=C(/C=C/c1ccccc1)OC[C@@]12O[C@H]1[C@@H](O)[C@@H]1C=CO[C@@H](O[C@@H]3O[C@H](CO)[C@@H](O)[C@H](O)[C@H]3O)[C@@H]12. The van der Waals surface area contributed by atoms with Crippen LogP contribution in [0, 0.1) is 11.8 Å². The summed E-state index contributed by atoms with van der Waals surface area (Å²) in [6, 6.07) is 9.24. The molecule has 11 heteroatoms. The van der Waals surface area contributed by atoms with E-state index >= 15 is 0 Å². The number of fused-ring (bicyclic) bond motifs is 3. The highest BCUT2D eigenvalue weighted by Gasteiger charge is 2.76. The largest absolute Gasteiger partial charge is 0.472 e. The number of rotatable bonds is 7. The number of hydrogen-bond donors (Lipinski definition) is 5. The highest BCUT2D eigenvalue weighted by atomic mass is 16.8. The van der Waals surface area contributed by atoms with Crippen molar-refractivity contribution >= 4 is 12.0 Å². The minimum absolute atomic E-state index is 0.167. The lowest BCUT2D eigenvalue weighted by molar-refractivity contribution is -0.344. The van der Waals surface area contributed by atoms with E-state index in [0.717, 1.165) is 5.56 Å². The Morgan fingerprint density at radius 3 is 2.54 bits per heavy atom. The van der Waals surface area contributed by atoms with Gasteiger partial charge in [0.15, 0.2) is 6.29 Å². The zero-order chi connectivity index (χ0) is 24.7. The minimum Gasteiger partial charge on any atom is -0.472 e. The Kier molecular flexibility index (Phi) is 6.68. The van der Waals surface area contributed by atoms with Crippen LogP contribution in [0.5, 0.6) is 0 Å². The van der Waals surface area contributed by atoms with Crippen molar-refractivity contribution in [3.8, 4) is 0 Å². The number of aliphatic hydroxyl groups is 5. The number of carbonyl (C=O) groups excluding carboxylic acids is 1. The third-order valence-electron chi connectivity index (χ3n) is 7.03. The van der Waals surface area contributed by atoms with Gasteiger partial charge in [-0.3, -0.25) is 0 Å². The van der Waals surface area contributed by atoms with Gasteiger partial charge in [-0.25, -0.2) is 4.79 Å². The van der Waals surface area contributed by atoms with E-state index in [4.69, 9.17) is 23.7 Å². The molecule has 2 saturated heterocycles. The van der Waals surface area contributed by atoms with Gasteiger partial charge in [-0.15, -0.1) is 0 Å². The summed E-state index contributed by atoms with van der Waals surface area (Å²) in [5.74, 6) is -1.67. The molecule has 1 aliphatic carbocycles. The van der Waals surface area contributed by atoms with Crippen molar-refractivity contribution in [2.24, 2.45) is 11.8 Å². The van der Waals surface area contributed by atoms with E-state index in [9.17, 15) is 30.3 Å².